The highest BCUT2D eigenvalue weighted by Crippen LogP contribution is 2.23. The molecule has 1 aliphatic rings. The highest BCUT2D eigenvalue weighted by atomic mass is 35.5. The normalized spacial score (nSPS) is 13.8. The molecule has 28 heavy (non-hydrogen) atoms. The van der Waals surface area contributed by atoms with Crippen LogP contribution in [0.1, 0.15) is 6.42 Å². The van der Waals surface area contributed by atoms with Crippen LogP contribution in [0.4, 0.5) is 17.2 Å². The van der Waals surface area contributed by atoms with Gasteiger partial charge in [0, 0.05) is 51.4 Å². The molecule has 1 aromatic carbocycles. The van der Waals surface area contributed by atoms with Crippen molar-refractivity contribution in [1.29, 1.82) is 0 Å². The standard InChI is InChI=1S/C18H21N5O3.2ClH/c24-18(20-15-5-1-2-6-16(15)23(25)26)8-10-21-11-13-22(14-12-21)17-7-3-4-9-19-17;;/h1-7,9H,8,10-14H2,(H,20,24);2*1H. The van der Waals surface area contributed by atoms with Gasteiger partial charge in [0.05, 0.1) is 4.92 Å². The number of hydrogen-bond donors (Lipinski definition) is 1. The summed E-state index contributed by atoms with van der Waals surface area (Å²) in [6.07, 6.45) is 2.09. The maximum atomic E-state index is 12.1. The van der Waals surface area contributed by atoms with E-state index in [1.165, 1.54) is 6.07 Å². The minimum Gasteiger partial charge on any atom is -0.354 e. The molecule has 2 heterocycles. The van der Waals surface area contributed by atoms with E-state index in [0.717, 1.165) is 32.0 Å². The van der Waals surface area contributed by atoms with E-state index < -0.39 is 4.92 Å². The first kappa shape index (κ1) is 23.6. The van der Waals surface area contributed by atoms with E-state index in [2.05, 4.69) is 20.1 Å². The van der Waals surface area contributed by atoms with Gasteiger partial charge in [-0.3, -0.25) is 19.8 Å². The third kappa shape index (κ3) is 6.33. The van der Waals surface area contributed by atoms with Crippen LogP contribution in [0.2, 0.25) is 0 Å². The number of amides is 1. The molecule has 0 atom stereocenters. The molecule has 1 saturated heterocycles. The van der Waals surface area contributed by atoms with Gasteiger partial charge < -0.3 is 10.2 Å². The molecule has 1 N–H and O–H groups in total. The highest BCUT2D eigenvalue weighted by molar-refractivity contribution is 5.93. The van der Waals surface area contributed by atoms with Gasteiger partial charge in [0.2, 0.25) is 5.91 Å². The van der Waals surface area contributed by atoms with Gasteiger partial charge >= 0.3 is 0 Å². The lowest BCUT2D eigenvalue weighted by molar-refractivity contribution is -0.383. The van der Waals surface area contributed by atoms with E-state index in [1.54, 1.807) is 24.4 Å². The molecule has 1 fully saturated rings. The maximum Gasteiger partial charge on any atom is 0.292 e. The largest absolute Gasteiger partial charge is 0.354 e. The fourth-order valence-electron chi connectivity index (χ4n) is 2.95. The SMILES string of the molecule is Cl.Cl.O=C(CCN1CCN(c2ccccn2)CC1)Nc1ccccc1[N+](=O)[O-]. The molecule has 1 aliphatic heterocycles. The molecule has 0 radical (unpaired) electrons. The van der Waals surface area contributed by atoms with Crippen molar-refractivity contribution < 1.29 is 9.72 Å². The van der Waals surface area contributed by atoms with Crippen LogP contribution in [-0.2, 0) is 4.79 Å². The molecule has 2 aromatic rings. The molecule has 3 rings (SSSR count). The van der Waals surface area contributed by atoms with Crippen molar-refractivity contribution in [3.63, 3.8) is 0 Å². The molecule has 1 aromatic heterocycles. The summed E-state index contributed by atoms with van der Waals surface area (Å²) in [6.45, 7) is 4.07. The number of nitrogens with zero attached hydrogens (tertiary/aromatic N) is 4. The van der Waals surface area contributed by atoms with E-state index in [0.29, 0.717) is 13.0 Å². The number of aromatic nitrogens is 1. The summed E-state index contributed by atoms with van der Waals surface area (Å²) in [5, 5.41) is 13.6. The van der Waals surface area contributed by atoms with Crippen molar-refractivity contribution in [1.82, 2.24) is 9.88 Å². The molecule has 0 saturated carbocycles. The third-order valence-corrected chi connectivity index (χ3v) is 4.38. The van der Waals surface area contributed by atoms with Crippen LogP contribution in [0.3, 0.4) is 0 Å². The Morgan fingerprint density at radius 3 is 2.39 bits per heavy atom. The van der Waals surface area contributed by atoms with Gasteiger partial charge in [-0.1, -0.05) is 18.2 Å². The summed E-state index contributed by atoms with van der Waals surface area (Å²) in [6, 6.07) is 12.0. The van der Waals surface area contributed by atoms with Crippen molar-refractivity contribution in [3.05, 3.63) is 58.8 Å². The predicted octanol–water partition coefficient (Wildman–Crippen LogP) is 2.98. The number of para-hydroxylation sites is 2. The van der Waals surface area contributed by atoms with Crippen LogP contribution in [0.5, 0.6) is 0 Å². The van der Waals surface area contributed by atoms with Crippen molar-refractivity contribution in [2.75, 3.05) is 42.9 Å². The number of nitrogens with one attached hydrogen (secondary N) is 1. The molecule has 8 nitrogen and oxygen atoms in total. The van der Waals surface area contributed by atoms with Crippen LogP contribution >= 0.6 is 24.8 Å². The molecule has 0 aliphatic carbocycles. The number of benzene rings is 1. The number of carbonyl (C=O) groups excluding carboxylic acids is 1. The number of halogens is 2. The number of piperazine rings is 1. The van der Waals surface area contributed by atoms with Crippen LogP contribution in [-0.4, -0.2) is 53.4 Å². The second kappa shape index (κ2) is 11.4. The molecule has 10 heteroatoms. The van der Waals surface area contributed by atoms with E-state index in [9.17, 15) is 14.9 Å². The van der Waals surface area contributed by atoms with E-state index in [1.807, 2.05) is 18.2 Å². The lowest BCUT2D eigenvalue weighted by Gasteiger charge is -2.35. The van der Waals surface area contributed by atoms with Gasteiger partial charge in [-0.05, 0) is 18.2 Å². The minimum absolute atomic E-state index is 0. The maximum absolute atomic E-state index is 12.1. The quantitative estimate of drug-likeness (QED) is 0.562. The van der Waals surface area contributed by atoms with Gasteiger partial charge in [-0.2, -0.15) is 0 Å². The molecule has 1 amide bonds. The van der Waals surface area contributed by atoms with Crippen molar-refractivity contribution >= 4 is 47.9 Å². The van der Waals surface area contributed by atoms with Crippen LogP contribution in [0.15, 0.2) is 48.7 Å². The lowest BCUT2D eigenvalue weighted by Crippen LogP contribution is -2.47. The summed E-state index contributed by atoms with van der Waals surface area (Å²) in [4.78, 5) is 31.4. The van der Waals surface area contributed by atoms with Crippen LogP contribution in [0, 0.1) is 10.1 Å². The fraction of sp³-hybridized carbons (Fsp3) is 0.333. The van der Waals surface area contributed by atoms with Crippen molar-refractivity contribution in [3.8, 4) is 0 Å². The number of hydrogen-bond acceptors (Lipinski definition) is 6. The first-order valence-corrected chi connectivity index (χ1v) is 8.55. The number of pyridine rings is 1. The molecular weight excluding hydrogens is 405 g/mol. The van der Waals surface area contributed by atoms with Gasteiger partial charge in [-0.25, -0.2) is 4.98 Å². The van der Waals surface area contributed by atoms with Gasteiger partial charge in [0.1, 0.15) is 11.5 Å². The summed E-state index contributed by atoms with van der Waals surface area (Å²) in [5.41, 5.74) is 0.146. The summed E-state index contributed by atoms with van der Waals surface area (Å²) >= 11 is 0. The van der Waals surface area contributed by atoms with E-state index >= 15 is 0 Å². The smallest absolute Gasteiger partial charge is 0.292 e. The Morgan fingerprint density at radius 2 is 1.75 bits per heavy atom. The Hall–Kier alpha value is -2.42. The molecule has 0 bridgehead atoms. The lowest BCUT2D eigenvalue weighted by atomic mass is 10.2. The van der Waals surface area contributed by atoms with Crippen molar-refractivity contribution in [2.24, 2.45) is 0 Å². The average Bonchev–Trinajstić information content (AvgIpc) is 2.68. The Kier molecular flexibility index (Phi) is 9.64. The fourth-order valence-corrected chi connectivity index (χ4v) is 2.95. The first-order chi connectivity index (χ1) is 12.6. The summed E-state index contributed by atoms with van der Waals surface area (Å²) in [7, 11) is 0. The Morgan fingerprint density at radius 1 is 1.07 bits per heavy atom. The summed E-state index contributed by atoms with van der Waals surface area (Å²) < 4.78 is 0. The summed E-state index contributed by atoms with van der Waals surface area (Å²) in [5.74, 6) is 0.757. The zero-order valence-corrected chi connectivity index (χ0v) is 16.8. The number of carbonyl (C=O) groups is 1. The first-order valence-electron chi connectivity index (χ1n) is 8.55. The van der Waals surface area contributed by atoms with Crippen molar-refractivity contribution in [2.45, 2.75) is 6.42 Å². The Balaban J connectivity index is 0.00000196. The molecular formula is C18H23Cl2N5O3. The third-order valence-electron chi connectivity index (χ3n) is 4.38. The van der Waals surface area contributed by atoms with Gasteiger partial charge in [-0.15, -0.1) is 24.8 Å². The zero-order chi connectivity index (χ0) is 18.4. The number of nitro groups is 1. The van der Waals surface area contributed by atoms with Crippen LogP contribution in [0.25, 0.3) is 0 Å². The van der Waals surface area contributed by atoms with E-state index in [4.69, 9.17) is 0 Å². The Bertz CT molecular complexity index is 771. The zero-order valence-electron chi connectivity index (χ0n) is 15.2. The highest BCUT2D eigenvalue weighted by Gasteiger charge is 2.19. The number of rotatable bonds is 6. The van der Waals surface area contributed by atoms with Gasteiger partial charge in [0.15, 0.2) is 0 Å². The second-order valence-electron chi connectivity index (χ2n) is 6.09. The number of nitro benzene ring substituents is 1. The molecule has 0 unspecified atom stereocenters. The number of anilines is 2. The minimum atomic E-state index is -0.494. The predicted molar refractivity (Wildman–Crippen MR) is 114 cm³/mol. The average molecular weight is 428 g/mol. The monoisotopic (exact) mass is 427 g/mol. The van der Waals surface area contributed by atoms with E-state index in [-0.39, 0.29) is 42.1 Å². The topological polar surface area (TPSA) is 91.6 Å². The van der Waals surface area contributed by atoms with Gasteiger partial charge in [0.25, 0.3) is 5.69 Å². The molecule has 0 spiro atoms. The second-order valence-corrected chi connectivity index (χ2v) is 6.09. The molecule has 152 valence electrons. The van der Waals surface area contributed by atoms with Crippen LogP contribution < -0.4 is 10.2 Å². The Labute approximate surface area is 175 Å².